The quantitative estimate of drug-likeness (QED) is 0.703. The maximum atomic E-state index is 5.45. The van der Waals surface area contributed by atoms with Crippen molar-refractivity contribution in [3.63, 3.8) is 0 Å². The summed E-state index contributed by atoms with van der Waals surface area (Å²) >= 11 is 4.34. The number of aromatic amines is 1. The molecule has 4 heteroatoms. The summed E-state index contributed by atoms with van der Waals surface area (Å²) in [7, 11) is 1.75. The second-order valence-electron chi connectivity index (χ2n) is 7.40. The zero-order valence-electron chi connectivity index (χ0n) is 14.3. The molecular weight excluding hydrogens is 334 g/mol. The lowest BCUT2D eigenvalue weighted by Crippen LogP contribution is -2.37. The van der Waals surface area contributed by atoms with E-state index in [1.165, 1.54) is 52.9 Å². The molecule has 1 saturated heterocycles. The number of rotatable bonds is 1. The molecule has 0 amide bonds. The van der Waals surface area contributed by atoms with Crippen molar-refractivity contribution in [3.05, 3.63) is 41.1 Å². The van der Waals surface area contributed by atoms with Crippen LogP contribution < -0.4 is 4.74 Å². The number of benzene rings is 1. The Balaban J connectivity index is 1.65. The van der Waals surface area contributed by atoms with Crippen molar-refractivity contribution in [3.8, 4) is 5.75 Å². The van der Waals surface area contributed by atoms with E-state index >= 15 is 0 Å². The van der Waals surface area contributed by atoms with E-state index in [0.29, 0.717) is 4.08 Å². The molecule has 1 atom stereocenters. The standard InChI is InChI=1S/C20H23NOS2/c1-19-7-8-20(23-9-10-24-20)12-13(19)3-5-15-16-11-14(22-2)4-6-17(16)21-18(15)19/h4,6,11-12,21H,3,5,7-10H2,1-2H3. The van der Waals surface area contributed by atoms with Gasteiger partial charge in [0, 0.05) is 33.5 Å². The lowest BCUT2D eigenvalue weighted by atomic mass is 9.65. The van der Waals surface area contributed by atoms with Gasteiger partial charge in [0.15, 0.2) is 0 Å². The van der Waals surface area contributed by atoms with Crippen molar-refractivity contribution in [1.82, 2.24) is 4.98 Å². The number of fused-ring (bicyclic) bond motifs is 5. The SMILES string of the molecule is COc1ccc2[nH]c3c(c2c1)CCC1=CC2(CCC13C)SCCS2. The highest BCUT2D eigenvalue weighted by molar-refractivity contribution is 8.21. The molecule has 24 heavy (non-hydrogen) atoms. The molecule has 2 aliphatic carbocycles. The van der Waals surface area contributed by atoms with E-state index in [1.54, 1.807) is 12.7 Å². The van der Waals surface area contributed by atoms with Crippen LogP contribution in [0.1, 0.15) is 37.4 Å². The molecule has 1 unspecified atom stereocenters. The molecule has 3 aliphatic rings. The summed E-state index contributed by atoms with van der Waals surface area (Å²) in [5.41, 5.74) is 6.10. The van der Waals surface area contributed by atoms with Gasteiger partial charge in [0.05, 0.1) is 11.2 Å². The summed E-state index contributed by atoms with van der Waals surface area (Å²) < 4.78 is 5.82. The fourth-order valence-electron chi connectivity index (χ4n) is 4.76. The van der Waals surface area contributed by atoms with Gasteiger partial charge >= 0.3 is 0 Å². The molecule has 0 saturated carbocycles. The summed E-state index contributed by atoms with van der Waals surface area (Å²) in [5.74, 6) is 3.57. The Morgan fingerprint density at radius 3 is 2.75 bits per heavy atom. The fourth-order valence-corrected chi connectivity index (χ4v) is 7.89. The van der Waals surface area contributed by atoms with Crippen LogP contribution in [0.15, 0.2) is 29.8 Å². The van der Waals surface area contributed by atoms with Gasteiger partial charge in [-0.3, -0.25) is 0 Å². The van der Waals surface area contributed by atoms with Crippen LogP contribution in [0.2, 0.25) is 0 Å². The number of ether oxygens (including phenoxy) is 1. The minimum Gasteiger partial charge on any atom is -0.497 e. The van der Waals surface area contributed by atoms with Crippen molar-refractivity contribution >= 4 is 34.4 Å². The molecule has 1 spiro atoms. The lowest BCUT2D eigenvalue weighted by molar-refractivity contribution is 0.415. The van der Waals surface area contributed by atoms with Crippen LogP contribution >= 0.6 is 23.5 Å². The third-order valence-corrected chi connectivity index (χ3v) is 9.57. The van der Waals surface area contributed by atoms with Gasteiger partial charge in [0.25, 0.3) is 0 Å². The van der Waals surface area contributed by atoms with Crippen LogP contribution in [0.5, 0.6) is 5.75 Å². The Morgan fingerprint density at radius 2 is 1.96 bits per heavy atom. The molecule has 0 radical (unpaired) electrons. The van der Waals surface area contributed by atoms with E-state index < -0.39 is 0 Å². The molecular formula is C20H23NOS2. The van der Waals surface area contributed by atoms with Crippen molar-refractivity contribution in [1.29, 1.82) is 0 Å². The van der Waals surface area contributed by atoms with Crippen LogP contribution in [0.3, 0.4) is 0 Å². The van der Waals surface area contributed by atoms with E-state index in [9.17, 15) is 0 Å². The first kappa shape index (κ1) is 15.3. The zero-order chi connectivity index (χ0) is 16.4. The third-order valence-electron chi connectivity index (χ3n) is 6.16. The molecule has 1 aromatic carbocycles. The third kappa shape index (κ3) is 2.05. The summed E-state index contributed by atoms with van der Waals surface area (Å²) in [6.45, 7) is 2.46. The normalized spacial score (nSPS) is 27.8. The highest BCUT2D eigenvalue weighted by Crippen LogP contribution is 2.58. The second kappa shape index (κ2) is 5.25. The van der Waals surface area contributed by atoms with E-state index in [2.05, 4.69) is 59.7 Å². The zero-order valence-corrected chi connectivity index (χ0v) is 15.9. The predicted molar refractivity (Wildman–Crippen MR) is 105 cm³/mol. The molecule has 126 valence electrons. The van der Waals surface area contributed by atoms with Gasteiger partial charge < -0.3 is 9.72 Å². The van der Waals surface area contributed by atoms with Crippen LogP contribution in [0, 0.1) is 0 Å². The number of thioether (sulfide) groups is 2. The monoisotopic (exact) mass is 357 g/mol. The topological polar surface area (TPSA) is 25.0 Å². The first-order chi connectivity index (χ1) is 11.6. The molecule has 1 aliphatic heterocycles. The smallest absolute Gasteiger partial charge is 0.119 e. The number of aryl methyl sites for hydroxylation is 1. The molecule has 1 fully saturated rings. The number of hydrogen-bond acceptors (Lipinski definition) is 3. The Morgan fingerprint density at radius 1 is 1.12 bits per heavy atom. The van der Waals surface area contributed by atoms with E-state index in [-0.39, 0.29) is 5.41 Å². The van der Waals surface area contributed by atoms with E-state index in [4.69, 9.17) is 4.74 Å². The Bertz CT molecular complexity index is 847. The number of methoxy groups -OCH3 is 1. The number of H-pyrrole nitrogens is 1. The second-order valence-corrected chi connectivity index (χ2v) is 10.5. The molecule has 2 nitrogen and oxygen atoms in total. The molecule has 5 rings (SSSR count). The predicted octanol–water partition coefficient (Wildman–Crippen LogP) is 5.28. The Labute approximate surface area is 151 Å². The minimum absolute atomic E-state index is 0.189. The molecule has 0 bridgehead atoms. The van der Waals surface area contributed by atoms with Gasteiger partial charge in [-0.2, -0.15) is 0 Å². The van der Waals surface area contributed by atoms with Gasteiger partial charge in [-0.15, -0.1) is 23.5 Å². The van der Waals surface area contributed by atoms with Gasteiger partial charge in [-0.1, -0.05) is 18.6 Å². The number of allylic oxidation sites excluding steroid dienone is 1. The van der Waals surface area contributed by atoms with Crippen LogP contribution in [-0.4, -0.2) is 27.7 Å². The maximum absolute atomic E-state index is 5.45. The van der Waals surface area contributed by atoms with Gasteiger partial charge in [-0.05, 0) is 49.4 Å². The Hall–Kier alpha value is -1.000. The van der Waals surface area contributed by atoms with Crippen LogP contribution in [-0.2, 0) is 11.8 Å². The molecule has 2 aromatic rings. The van der Waals surface area contributed by atoms with Crippen LogP contribution in [0.4, 0.5) is 0 Å². The highest BCUT2D eigenvalue weighted by Gasteiger charge is 2.47. The summed E-state index contributed by atoms with van der Waals surface area (Å²) in [5, 5.41) is 1.36. The molecule has 1 aromatic heterocycles. The first-order valence-corrected chi connectivity index (χ1v) is 10.8. The fraction of sp³-hybridized carbons (Fsp3) is 0.500. The maximum Gasteiger partial charge on any atom is 0.119 e. The summed E-state index contributed by atoms with van der Waals surface area (Å²) in [6, 6.07) is 6.44. The van der Waals surface area contributed by atoms with Gasteiger partial charge in [0.1, 0.15) is 5.75 Å². The first-order valence-electron chi connectivity index (χ1n) is 8.83. The van der Waals surface area contributed by atoms with Gasteiger partial charge in [0.2, 0.25) is 0 Å². The van der Waals surface area contributed by atoms with E-state index in [0.717, 1.165) is 12.2 Å². The average Bonchev–Trinajstić information content (AvgIpc) is 3.20. The lowest BCUT2D eigenvalue weighted by Gasteiger charge is -2.44. The number of hydrogen-bond donors (Lipinski definition) is 1. The van der Waals surface area contributed by atoms with Crippen molar-refractivity contribution in [2.45, 2.75) is 42.1 Å². The van der Waals surface area contributed by atoms with E-state index in [1.807, 2.05) is 0 Å². The molecule has 2 heterocycles. The Kier molecular flexibility index (Phi) is 3.34. The summed E-state index contributed by atoms with van der Waals surface area (Å²) in [4.78, 5) is 3.78. The average molecular weight is 358 g/mol. The highest BCUT2D eigenvalue weighted by atomic mass is 32.2. The number of aromatic nitrogens is 1. The van der Waals surface area contributed by atoms with Crippen molar-refractivity contribution in [2.24, 2.45) is 0 Å². The van der Waals surface area contributed by atoms with Crippen molar-refractivity contribution in [2.75, 3.05) is 18.6 Å². The van der Waals surface area contributed by atoms with Crippen LogP contribution in [0.25, 0.3) is 10.9 Å². The minimum atomic E-state index is 0.189. The van der Waals surface area contributed by atoms with Gasteiger partial charge in [-0.25, -0.2) is 0 Å². The van der Waals surface area contributed by atoms with Crippen molar-refractivity contribution < 1.29 is 4.74 Å². The molecule has 1 N–H and O–H groups in total. The largest absolute Gasteiger partial charge is 0.497 e. The number of nitrogens with one attached hydrogen (secondary N) is 1. The summed E-state index contributed by atoms with van der Waals surface area (Å²) in [6.07, 6.45) is 7.55.